The quantitative estimate of drug-likeness (QED) is 0.575. The van der Waals surface area contributed by atoms with Crippen molar-refractivity contribution in [3.8, 4) is 22.8 Å². The molecule has 1 aliphatic rings. The number of Topliss-reactive ketones (excluding diaryl/α,β-unsaturated/α-hetero) is 1. The average molecular weight is 356 g/mol. The zero-order valence-electron chi connectivity index (χ0n) is 14.9. The van der Waals surface area contributed by atoms with Gasteiger partial charge in [0, 0.05) is 24.4 Å². The van der Waals surface area contributed by atoms with Crippen LogP contribution in [0.1, 0.15) is 31.7 Å². The molecule has 0 unspecified atom stereocenters. The number of nitrogens with zero attached hydrogens (tertiary/aromatic N) is 3. The molecule has 1 aliphatic carbocycles. The van der Waals surface area contributed by atoms with Crippen LogP contribution in [0.2, 0.25) is 0 Å². The summed E-state index contributed by atoms with van der Waals surface area (Å²) in [6.45, 7) is 0. The van der Waals surface area contributed by atoms with Gasteiger partial charge in [-0.3, -0.25) is 4.79 Å². The molecule has 1 N–H and O–H groups in total. The van der Waals surface area contributed by atoms with E-state index in [1.54, 1.807) is 0 Å². The topological polar surface area (TPSA) is 63.6 Å². The van der Waals surface area contributed by atoms with Gasteiger partial charge < -0.3 is 9.55 Å². The Labute approximate surface area is 157 Å². The van der Waals surface area contributed by atoms with Crippen LogP contribution in [0.5, 0.6) is 0 Å². The van der Waals surface area contributed by atoms with Crippen molar-refractivity contribution in [3.05, 3.63) is 60.9 Å². The van der Waals surface area contributed by atoms with Crippen molar-refractivity contribution in [2.45, 2.75) is 31.7 Å². The number of fused-ring (bicyclic) bond motifs is 1. The van der Waals surface area contributed by atoms with Crippen molar-refractivity contribution in [3.63, 3.8) is 0 Å². The molecule has 0 aliphatic heterocycles. The zero-order valence-corrected chi connectivity index (χ0v) is 14.9. The maximum Gasteiger partial charge on any atom is 0.157 e. The van der Waals surface area contributed by atoms with Crippen LogP contribution in [0, 0.1) is 0 Å². The summed E-state index contributed by atoms with van der Waals surface area (Å²) in [4.78, 5) is 24.7. The number of para-hydroxylation sites is 2. The molecular weight excluding hydrogens is 336 g/mol. The molecule has 5 nitrogen and oxygen atoms in total. The summed E-state index contributed by atoms with van der Waals surface area (Å²) in [5.74, 6) is 1.18. The highest BCUT2D eigenvalue weighted by molar-refractivity contribution is 5.83. The van der Waals surface area contributed by atoms with Crippen LogP contribution < -0.4 is 0 Å². The fourth-order valence-corrected chi connectivity index (χ4v) is 3.95. The fraction of sp³-hybridized carbons (Fsp3) is 0.227. The first-order valence-electron chi connectivity index (χ1n) is 9.38. The lowest BCUT2D eigenvalue weighted by atomic mass is 9.94. The molecule has 2 aromatic carbocycles. The van der Waals surface area contributed by atoms with E-state index in [0.717, 1.165) is 46.7 Å². The van der Waals surface area contributed by atoms with Gasteiger partial charge in [-0.2, -0.15) is 0 Å². The van der Waals surface area contributed by atoms with Crippen molar-refractivity contribution < 1.29 is 4.79 Å². The standard InChI is InChI=1S/C22H20N4O/c27-17-12-10-16(11-13-17)26-14-23-20(15-6-2-1-3-7-15)21(26)22-24-18-8-4-5-9-19(18)25-22/h1-9,14,16H,10-13H2,(H,24,25). The lowest BCUT2D eigenvalue weighted by molar-refractivity contribution is -0.120. The summed E-state index contributed by atoms with van der Waals surface area (Å²) in [6.07, 6.45) is 4.91. The third-order valence-electron chi connectivity index (χ3n) is 5.36. The fourth-order valence-electron chi connectivity index (χ4n) is 3.95. The van der Waals surface area contributed by atoms with Crippen molar-refractivity contribution >= 4 is 16.8 Å². The first kappa shape index (κ1) is 16.0. The van der Waals surface area contributed by atoms with Gasteiger partial charge in [0.1, 0.15) is 11.5 Å². The van der Waals surface area contributed by atoms with E-state index in [0.29, 0.717) is 18.6 Å². The molecular formula is C22H20N4O. The van der Waals surface area contributed by atoms with E-state index in [1.807, 2.05) is 48.8 Å². The molecule has 0 radical (unpaired) electrons. The van der Waals surface area contributed by atoms with E-state index < -0.39 is 0 Å². The van der Waals surface area contributed by atoms with Gasteiger partial charge >= 0.3 is 0 Å². The molecule has 1 fully saturated rings. The maximum atomic E-state index is 11.7. The predicted molar refractivity (Wildman–Crippen MR) is 105 cm³/mol. The van der Waals surface area contributed by atoms with Crippen molar-refractivity contribution in [1.82, 2.24) is 19.5 Å². The molecule has 0 saturated heterocycles. The molecule has 0 bridgehead atoms. The first-order valence-corrected chi connectivity index (χ1v) is 9.38. The largest absolute Gasteiger partial charge is 0.337 e. The number of imidazole rings is 2. The van der Waals surface area contributed by atoms with Crippen molar-refractivity contribution in [2.24, 2.45) is 0 Å². The number of aromatic nitrogens is 4. The average Bonchev–Trinajstić information content (AvgIpc) is 3.33. The second-order valence-electron chi connectivity index (χ2n) is 7.09. The monoisotopic (exact) mass is 356 g/mol. The molecule has 2 aromatic heterocycles. The molecule has 2 heterocycles. The lowest BCUT2D eigenvalue weighted by Gasteiger charge is -2.24. The SMILES string of the molecule is O=C1CCC(n2cnc(-c3ccccc3)c2-c2nc3ccccc3[nH]2)CC1. The minimum atomic E-state index is 0.274. The Balaban J connectivity index is 1.68. The number of H-pyrrole nitrogens is 1. The molecule has 5 heteroatoms. The number of hydrogen-bond acceptors (Lipinski definition) is 3. The van der Waals surface area contributed by atoms with Gasteiger partial charge in [-0.05, 0) is 25.0 Å². The van der Waals surface area contributed by atoms with Gasteiger partial charge in [-0.15, -0.1) is 0 Å². The number of carbonyl (C=O) groups excluding carboxylic acids is 1. The second-order valence-corrected chi connectivity index (χ2v) is 7.09. The number of carbonyl (C=O) groups is 1. The Bertz CT molecular complexity index is 1070. The van der Waals surface area contributed by atoms with E-state index >= 15 is 0 Å². The van der Waals surface area contributed by atoms with Crippen molar-refractivity contribution in [2.75, 3.05) is 0 Å². The highest BCUT2D eigenvalue weighted by Gasteiger charge is 2.26. The van der Waals surface area contributed by atoms with Crippen LogP contribution >= 0.6 is 0 Å². The van der Waals surface area contributed by atoms with Crippen LogP contribution in [0.3, 0.4) is 0 Å². The van der Waals surface area contributed by atoms with Gasteiger partial charge in [-0.1, -0.05) is 42.5 Å². The number of hydrogen-bond donors (Lipinski definition) is 1. The lowest BCUT2D eigenvalue weighted by Crippen LogP contribution is -2.18. The smallest absolute Gasteiger partial charge is 0.157 e. The molecule has 0 amide bonds. The van der Waals surface area contributed by atoms with Crippen LogP contribution in [-0.2, 0) is 4.79 Å². The minimum absolute atomic E-state index is 0.274. The van der Waals surface area contributed by atoms with E-state index in [-0.39, 0.29) is 6.04 Å². The molecule has 5 rings (SSSR count). The highest BCUT2D eigenvalue weighted by Crippen LogP contribution is 2.36. The van der Waals surface area contributed by atoms with Crippen LogP contribution in [0.4, 0.5) is 0 Å². The number of aromatic amines is 1. The summed E-state index contributed by atoms with van der Waals surface area (Å²) >= 11 is 0. The number of rotatable bonds is 3. The molecule has 1 saturated carbocycles. The summed E-state index contributed by atoms with van der Waals surface area (Å²) in [5.41, 5.74) is 4.94. The normalized spacial score (nSPS) is 15.5. The van der Waals surface area contributed by atoms with Gasteiger partial charge in [0.2, 0.25) is 0 Å². The number of benzene rings is 2. The molecule has 134 valence electrons. The van der Waals surface area contributed by atoms with Crippen molar-refractivity contribution in [1.29, 1.82) is 0 Å². The number of nitrogens with one attached hydrogen (secondary N) is 1. The summed E-state index contributed by atoms with van der Waals surface area (Å²) in [6, 6.07) is 18.5. The van der Waals surface area contributed by atoms with E-state index in [1.165, 1.54) is 0 Å². The maximum absolute atomic E-state index is 11.7. The zero-order chi connectivity index (χ0) is 18.2. The van der Waals surface area contributed by atoms with Gasteiger partial charge in [0.05, 0.1) is 23.1 Å². The third-order valence-corrected chi connectivity index (χ3v) is 5.36. The molecule has 27 heavy (non-hydrogen) atoms. The third kappa shape index (κ3) is 2.85. The van der Waals surface area contributed by atoms with Crippen LogP contribution in [-0.4, -0.2) is 25.3 Å². The summed E-state index contributed by atoms with van der Waals surface area (Å²) < 4.78 is 2.21. The Morgan fingerprint density at radius 2 is 1.70 bits per heavy atom. The first-order chi connectivity index (χ1) is 13.3. The minimum Gasteiger partial charge on any atom is -0.337 e. The Morgan fingerprint density at radius 1 is 0.963 bits per heavy atom. The summed E-state index contributed by atoms with van der Waals surface area (Å²) in [5, 5.41) is 0. The number of ketones is 1. The van der Waals surface area contributed by atoms with Crippen LogP contribution in [0.15, 0.2) is 60.9 Å². The molecule has 0 spiro atoms. The van der Waals surface area contributed by atoms with E-state index in [4.69, 9.17) is 9.97 Å². The molecule has 4 aromatic rings. The van der Waals surface area contributed by atoms with E-state index in [2.05, 4.69) is 21.7 Å². The second kappa shape index (κ2) is 6.50. The summed E-state index contributed by atoms with van der Waals surface area (Å²) in [7, 11) is 0. The molecule has 0 atom stereocenters. The Morgan fingerprint density at radius 3 is 2.48 bits per heavy atom. The van der Waals surface area contributed by atoms with Gasteiger partial charge in [-0.25, -0.2) is 9.97 Å². The Kier molecular flexibility index (Phi) is 3.85. The van der Waals surface area contributed by atoms with Gasteiger partial charge in [0.25, 0.3) is 0 Å². The van der Waals surface area contributed by atoms with Crippen LogP contribution in [0.25, 0.3) is 33.8 Å². The highest BCUT2D eigenvalue weighted by atomic mass is 16.1. The van der Waals surface area contributed by atoms with Gasteiger partial charge in [0.15, 0.2) is 5.82 Å². The Hall–Kier alpha value is -3.21. The van der Waals surface area contributed by atoms with E-state index in [9.17, 15) is 4.79 Å². The predicted octanol–water partition coefficient (Wildman–Crippen LogP) is 4.78.